The number of nitrogens with zero attached hydrogens (tertiary/aromatic N) is 3. The number of hydrogen-bond donors (Lipinski definition) is 1. The summed E-state index contributed by atoms with van der Waals surface area (Å²) in [5, 5.41) is 3.42. The molecule has 1 N–H and O–H groups in total. The number of imidazole rings is 1. The molecule has 0 aromatic carbocycles. The fourth-order valence-electron chi connectivity index (χ4n) is 3.63. The predicted octanol–water partition coefficient (Wildman–Crippen LogP) is 1.35. The van der Waals surface area contributed by atoms with E-state index in [-0.39, 0.29) is 0 Å². The first-order valence-electron chi connectivity index (χ1n) is 7.12. The van der Waals surface area contributed by atoms with Gasteiger partial charge in [0.25, 0.3) is 0 Å². The number of hydrogen-bond acceptors (Lipinski definition) is 3. The first-order valence-corrected chi connectivity index (χ1v) is 7.12. The van der Waals surface area contributed by atoms with E-state index in [2.05, 4.69) is 35.7 Å². The van der Waals surface area contributed by atoms with Crippen LogP contribution in [0, 0.1) is 12.8 Å². The standard InChI is InChI=1S/C14H24N4/c1-10-9-17(3)7-5-13(10)18-11(2)16-12-8-15-6-4-14(12)18/h10,13,15H,4-9H2,1-3H3. The minimum absolute atomic E-state index is 0.649. The van der Waals surface area contributed by atoms with Gasteiger partial charge in [-0.2, -0.15) is 0 Å². The smallest absolute Gasteiger partial charge is 0.106 e. The maximum atomic E-state index is 4.77. The van der Waals surface area contributed by atoms with Crippen LogP contribution in [0.2, 0.25) is 0 Å². The molecule has 0 aliphatic carbocycles. The van der Waals surface area contributed by atoms with Crippen LogP contribution in [0.4, 0.5) is 0 Å². The number of piperidine rings is 1. The molecule has 0 amide bonds. The second-order valence-electron chi connectivity index (χ2n) is 5.94. The predicted molar refractivity (Wildman–Crippen MR) is 72.7 cm³/mol. The summed E-state index contributed by atoms with van der Waals surface area (Å²) < 4.78 is 2.55. The van der Waals surface area contributed by atoms with Crippen molar-refractivity contribution in [3.05, 3.63) is 17.2 Å². The summed E-state index contributed by atoms with van der Waals surface area (Å²) in [6.07, 6.45) is 2.39. The van der Waals surface area contributed by atoms with Crippen molar-refractivity contribution in [2.24, 2.45) is 5.92 Å². The maximum absolute atomic E-state index is 4.77. The lowest BCUT2D eigenvalue weighted by Gasteiger charge is -2.37. The first-order chi connectivity index (χ1) is 8.66. The molecule has 3 rings (SSSR count). The van der Waals surface area contributed by atoms with E-state index in [1.165, 1.54) is 36.7 Å². The van der Waals surface area contributed by atoms with E-state index >= 15 is 0 Å². The molecule has 1 aromatic rings. The molecule has 4 heteroatoms. The first kappa shape index (κ1) is 12.2. The van der Waals surface area contributed by atoms with Crippen molar-refractivity contribution in [2.45, 2.75) is 39.3 Å². The highest BCUT2D eigenvalue weighted by molar-refractivity contribution is 5.21. The largest absolute Gasteiger partial charge is 0.328 e. The number of nitrogens with one attached hydrogen (secondary N) is 1. The van der Waals surface area contributed by atoms with Crippen molar-refractivity contribution >= 4 is 0 Å². The molecule has 2 unspecified atom stereocenters. The highest BCUT2D eigenvalue weighted by Crippen LogP contribution is 2.31. The summed E-state index contributed by atoms with van der Waals surface area (Å²) in [7, 11) is 2.23. The Morgan fingerprint density at radius 1 is 1.39 bits per heavy atom. The molecule has 0 bridgehead atoms. The summed E-state index contributed by atoms with van der Waals surface area (Å²) in [4.78, 5) is 7.21. The van der Waals surface area contributed by atoms with Gasteiger partial charge in [-0.3, -0.25) is 0 Å². The van der Waals surface area contributed by atoms with Crippen LogP contribution in [0.1, 0.15) is 36.6 Å². The van der Waals surface area contributed by atoms with Gasteiger partial charge in [-0.15, -0.1) is 0 Å². The van der Waals surface area contributed by atoms with Crippen LogP contribution in [0.25, 0.3) is 0 Å². The van der Waals surface area contributed by atoms with Crippen LogP contribution in [0.15, 0.2) is 0 Å². The number of rotatable bonds is 1. The van der Waals surface area contributed by atoms with Crippen molar-refractivity contribution in [1.29, 1.82) is 0 Å². The summed E-state index contributed by atoms with van der Waals surface area (Å²) >= 11 is 0. The minimum Gasteiger partial charge on any atom is -0.328 e. The highest BCUT2D eigenvalue weighted by atomic mass is 15.2. The SMILES string of the molecule is Cc1nc2c(n1C1CCN(C)CC1C)CCNC2. The molecule has 1 fully saturated rings. The van der Waals surface area contributed by atoms with Crippen molar-refractivity contribution in [2.75, 3.05) is 26.7 Å². The van der Waals surface area contributed by atoms with Crippen molar-refractivity contribution in [1.82, 2.24) is 19.8 Å². The number of aryl methyl sites for hydroxylation is 1. The van der Waals surface area contributed by atoms with Gasteiger partial charge in [-0.05, 0) is 32.9 Å². The Morgan fingerprint density at radius 2 is 2.22 bits per heavy atom. The Kier molecular flexibility index (Phi) is 3.16. The Morgan fingerprint density at radius 3 is 3.00 bits per heavy atom. The van der Waals surface area contributed by atoms with E-state index in [9.17, 15) is 0 Å². The van der Waals surface area contributed by atoms with Gasteiger partial charge in [0.05, 0.1) is 5.69 Å². The molecule has 4 nitrogen and oxygen atoms in total. The lowest BCUT2D eigenvalue weighted by atomic mass is 9.93. The molecular formula is C14H24N4. The average molecular weight is 248 g/mol. The second kappa shape index (κ2) is 4.67. The van der Waals surface area contributed by atoms with Crippen LogP contribution >= 0.6 is 0 Å². The number of fused-ring (bicyclic) bond motifs is 1. The van der Waals surface area contributed by atoms with E-state index in [0.717, 1.165) is 25.4 Å². The Hall–Kier alpha value is -0.870. The van der Waals surface area contributed by atoms with Crippen LogP contribution in [-0.2, 0) is 13.0 Å². The second-order valence-corrected chi connectivity index (χ2v) is 5.94. The molecule has 0 spiro atoms. The zero-order chi connectivity index (χ0) is 12.7. The van der Waals surface area contributed by atoms with E-state index in [1.807, 2.05) is 0 Å². The molecular weight excluding hydrogens is 224 g/mol. The lowest BCUT2D eigenvalue weighted by Crippen LogP contribution is -2.39. The van der Waals surface area contributed by atoms with Crippen LogP contribution in [-0.4, -0.2) is 41.1 Å². The molecule has 3 heterocycles. The normalized spacial score (nSPS) is 29.3. The monoisotopic (exact) mass is 248 g/mol. The van der Waals surface area contributed by atoms with Crippen molar-refractivity contribution < 1.29 is 0 Å². The Bertz CT molecular complexity index is 437. The lowest BCUT2D eigenvalue weighted by molar-refractivity contribution is 0.155. The van der Waals surface area contributed by atoms with Crippen LogP contribution in [0.5, 0.6) is 0 Å². The Labute approximate surface area is 109 Å². The maximum Gasteiger partial charge on any atom is 0.106 e. The quantitative estimate of drug-likeness (QED) is 0.814. The molecule has 0 radical (unpaired) electrons. The third-order valence-corrected chi connectivity index (χ3v) is 4.50. The molecule has 18 heavy (non-hydrogen) atoms. The van der Waals surface area contributed by atoms with E-state index < -0.39 is 0 Å². The van der Waals surface area contributed by atoms with E-state index in [1.54, 1.807) is 0 Å². The van der Waals surface area contributed by atoms with Crippen molar-refractivity contribution in [3.63, 3.8) is 0 Å². The molecule has 1 aromatic heterocycles. The fraction of sp³-hybridized carbons (Fsp3) is 0.786. The topological polar surface area (TPSA) is 33.1 Å². The summed E-state index contributed by atoms with van der Waals surface area (Å²) in [6, 6.07) is 0.649. The van der Waals surface area contributed by atoms with Gasteiger partial charge in [0, 0.05) is 37.8 Å². The van der Waals surface area contributed by atoms with Gasteiger partial charge in [0.15, 0.2) is 0 Å². The molecule has 2 aliphatic heterocycles. The molecule has 100 valence electrons. The summed E-state index contributed by atoms with van der Waals surface area (Å²) in [5.74, 6) is 1.93. The highest BCUT2D eigenvalue weighted by Gasteiger charge is 2.30. The van der Waals surface area contributed by atoms with Gasteiger partial charge in [0.2, 0.25) is 0 Å². The zero-order valence-corrected chi connectivity index (χ0v) is 11.7. The van der Waals surface area contributed by atoms with Gasteiger partial charge in [-0.25, -0.2) is 4.98 Å². The third kappa shape index (κ3) is 1.97. The minimum atomic E-state index is 0.649. The van der Waals surface area contributed by atoms with Gasteiger partial charge < -0.3 is 14.8 Å². The Balaban J connectivity index is 1.94. The van der Waals surface area contributed by atoms with E-state index in [0.29, 0.717) is 6.04 Å². The number of aromatic nitrogens is 2. The fourth-order valence-corrected chi connectivity index (χ4v) is 3.63. The average Bonchev–Trinajstić information content (AvgIpc) is 2.66. The zero-order valence-electron chi connectivity index (χ0n) is 11.7. The molecule has 0 saturated carbocycles. The van der Waals surface area contributed by atoms with E-state index in [4.69, 9.17) is 4.98 Å². The summed E-state index contributed by atoms with van der Waals surface area (Å²) in [6.45, 7) is 9.01. The van der Waals surface area contributed by atoms with Crippen molar-refractivity contribution in [3.8, 4) is 0 Å². The third-order valence-electron chi connectivity index (χ3n) is 4.50. The van der Waals surface area contributed by atoms with Gasteiger partial charge in [0.1, 0.15) is 5.82 Å². The van der Waals surface area contributed by atoms with Gasteiger partial charge in [-0.1, -0.05) is 6.92 Å². The van der Waals surface area contributed by atoms with Crippen LogP contribution < -0.4 is 5.32 Å². The molecule has 2 aliphatic rings. The van der Waals surface area contributed by atoms with Crippen LogP contribution in [0.3, 0.4) is 0 Å². The molecule has 1 saturated heterocycles. The summed E-state index contributed by atoms with van der Waals surface area (Å²) in [5.41, 5.74) is 2.78. The molecule has 2 atom stereocenters. The number of likely N-dealkylation sites (tertiary alicyclic amines) is 1. The van der Waals surface area contributed by atoms with Gasteiger partial charge >= 0.3 is 0 Å².